The molecule has 0 saturated heterocycles. The number of carbonyl (C=O) groups excluding carboxylic acids is 1. The van der Waals surface area contributed by atoms with Gasteiger partial charge in [-0.1, -0.05) is 31.9 Å². The van der Waals surface area contributed by atoms with Gasteiger partial charge in [-0.3, -0.25) is 4.79 Å². The van der Waals surface area contributed by atoms with E-state index in [1.807, 2.05) is 48.5 Å². The predicted octanol–water partition coefficient (Wildman–Crippen LogP) is 5.67. The zero-order valence-electron chi connectivity index (χ0n) is 10.5. The third-order valence-corrected chi connectivity index (χ3v) is 5.63. The average Bonchev–Trinajstić information content (AvgIpc) is 2.46. The fourth-order valence-corrected chi connectivity index (χ4v) is 3.61. The van der Waals surface area contributed by atoms with E-state index in [-0.39, 0.29) is 5.78 Å². The summed E-state index contributed by atoms with van der Waals surface area (Å²) in [4.78, 5) is 14.1. The van der Waals surface area contributed by atoms with Crippen LogP contribution in [-0.4, -0.2) is 17.3 Å². The summed E-state index contributed by atoms with van der Waals surface area (Å²) >= 11 is 9.96. The van der Waals surface area contributed by atoms with Crippen molar-refractivity contribution in [2.45, 2.75) is 9.79 Å². The Bertz CT molecular complexity index is 516. The second-order valence-corrected chi connectivity index (χ2v) is 7.95. The summed E-state index contributed by atoms with van der Waals surface area (Å²) in [7, 11) is 0. The summed E-state index contributed by atoms with van der Waals surface area (Å²) < 4.78 is 2.11. The topological polar surface area (TPSA) is 17.1 Å². The molecule has 0 amide bonds. The minimum Gasteiger partial charge on any atom is -0.298 e. The molecule has 104 valence electrons. The Morgan fingerprint density at radius 1 is 0.750 bits per heavy atom. The van der Waals surface area contributed by atoms with Gasteiger partial charge in [-0.2, -0.15) is 0 Å². The summed E-state index contributed by atoms with van der Waals surface area (Å²) in [6.07, 6.45) is 0. The Balaban J connectivity index is 1.75. The number of hydrogen-bond donors (Lipinski definition) is 0. The SMILES string of the molecule is O=C(CSc1ccc(Br)cc1)CSc1ccc(Br)cc1. The van der Waals surface area contributed by atoms with Gasteiger partial charge in [0.2, 0.25) is 0 Å². The molecule has 0 atom stereocenters. The van der Waals surface area contributed by atoms with Crippen LogP contribution < -0.4 is 0 Å². The Morgan fingerprint density at radius 2 is 1.10 bits per heavy atom. The van der Waals surface area contributed by atoms with Gasteiger partial charge < -0.3 is 0 Å². The van der Waals surface area contributed by atoms with Gasteiger partial charge in [0, 0.05) is 18.7 Å². The molecule has 2 rings (SSSR count). The minimum absolute atomic E-state index is 0.255. The lowest BCUT2D eigenvalue weighted by Crippen LogP contribution is -2.04. The molecule has 0 saturated carbocycles. The minimum atomic E-state index is 0.255. The fraction of sp³-hybridized carbons (Fsp3) is 0.133. The van der Waals surface area contributed by atoms with Gasteiger partial charge in [0.25, 0.3) is 0 Å². The van der Waals surface area contributed by atoms with E-state index in [0.717, 1.165) is 18.7 Å². The third-order valence-electron chi connectivity index (χ3n) is 2.43. The molecule has 0 spiro atoms. The molecule has 5 heteroatoms. The molecule has 0 fully saturated rings. The number of thioether (sulfide) groups is 2. The monoisotopic (exact) mass is 430 g/mol. The molecule has 2 aromatic carbocycles. The number of benzene rings is 2. The molecule has 0 aliphatic rings. The zero-order chi connectivity index (χ0) is 14.4. The first kappa shape index (κ1) is 16.1. The van der Waals surface area contributed by atoms with Crippen molar-refractivity contribution in [2.75, 3.05) is 11.5 Å². The molecular weight excluding hydrogens is 420 g/mol. The van der Waals surface area contributed by atoms with E-state index in [2.05, 4.69) is 31.9 Å². The van der Waals surface area contributed by atoms with Gasteiger partial charge in [-0.05, 0) is 48.5 Å². The second kappa shape index (κ2) is 8.27. The Morgan fingerprint density at radius 3 is 1.45 bits per heavy atom. The molecule has 0 unspecified atom stereocenters. The standard InChI is InChI=1S/C15H12Br2OS2/c16-11-1-5-14(6-2-11)19-9-13(18)10-20-15-7-3-12(17)4-8-15/h1-8H,9-10H2. The molecule has 0 N–H and O–H groups in total. The highest BCUT2D eigenvalue weighted by atomic mass is 79.9. The lowest BCUT2D eigenvalue weighted by molar-refractivity contribution is -0.114. The molecule has 20 heavy (non-hydrogen) atoms. The van der Waals surface area contributed by atoms with E-state index in [4.69, 9.17) is 0 Å². The average molecular weight is 432 g/mol. The third kappa shape index (κ3) is 5.64. The van der Waals surface area contributed by atoms with Crippen LogP contribution in [0.5, 0.6) is 0 Å². The number of halogens is 2. The first-order valence-corrected chi connectivity index (χ1v) is 9.47. The lowest BCUT2D eigenvalue weighted by Gasteiger charge is -2.03. The highest BCUT2D eigenvalue weighted by Crippen LogP contribution is 2.23. The summed E-state index contributed by atoms with van der Waals surface area (Å²) in [6, 6.07) is 16.0. The van der Waals surface area contributed by atoms with E-state index >= 15 is 0 Å². The molecule has 0 aliphatic heterocycles. The molecular formula is C15H12Br2OS2. The molecule has 0 bridgehead atoms. The van der Waals surface area contributed by atoms with E-state index < -0.39 is 0 Å². The largest absolute Gasteiger partial charge is 0.298 e. The maximum absolute atomic E-state index is 11.9. The molecule has 2 aromatic rings. The van der Waals surface area contributed by atoms with Gasteiger partial charge in [0.05, 0.1) is 11.5 Å². The fourth-order valence-electron chi connectivity index (χ4n) is 1.43. The van der Waals surface area contributed by atoms with Crippen molar-refractivity contribution in [1.82, 2.24) is 0 Å². The van der Waals surface area contributed by atoms with E-state index in [9.17, 15) is 4.79 Å². The van der Waals surface area contributed by atoms with Crippen LogP contribution in [0.4, 0.5) is 0 Å². The first-order valence-electron chi connectivity index (χ1n) is 5.92. The van der Waals surface area contributed by atoms with Gasteiger partial charge in [-0.15, -0.1) is 23.5 Å². The van der Waals surface area contributed by atoms with Gasteiger partial charge in [0.1, 0.15) is 0 Å². The molecule has 1 nitrogen and oxygen atoms in total. The number of ketones is 1. The molecule has 0 aromatic heterocycles. The normalized spacial score (nSPS) is 10.5. The summed E-state index contributed by atoms with van der Waals surface area (Å²) in [5.74, 6) is 1.29. The van der Waals surface area contributed by atoms with Crippen LogP contribution in [0.2, 0.25) is 0 Å². The van der Waals surface area contributed by atoms with Gasteiger partial charge >= 0.3 is 0 Å². The van der Waals surface area contributed by atoms with Crippen LogP contribution in [0.25, 0.3) is 0 Å². The number of hydrogen-bond acceptors (Lipinski definition) is 3. The van der Waals surface area contributed by atoms with Crippen molar-refractivity contribution in [3.8, 4) is 0 Å². The van der Waals surface area contributed by atoms with E-state index in [1.165, 1.54) is 0 Å². The predicted molar refractivity (Wildman–Crippen MR) is 94.7 cm³/mol. The molecule has 0 heterocycles. The van der Waals surface area contributed by atoms with Crippen molar-refractivity contribution in [3.05, 3.63) is 57.5 Å². The number of Topliss-reactive ketones (excluding diaryl/α,β-unsaturated/α-hetero) is 1. The Hall–Kier alpha value is -0.230. The summed E-state index contributed by atoms with van der Waals surface area (Å²) in [6.45, 7) is 0. The van der Waals surface area contributed by atoms with Crippen LogP contribution in [0, 0.1) is 0 Å². The van der Waals surface area contributed by atoms with Crippen molar-refractivity contribution < 1.29 is 4.79 Å². The number of rotatable bonds is 6. The highest BCUT2D eigenvalue weighted by Gasteiger charge is 2.05. The van der Waals surface area contributed by atoms with Crippen molar-refractivity contribution in [2.24, 2.45) is 0 Å². The molecule has 0 radical (unpaired) electrons. The molecule has 0 aliphatic carbocycles. The zero-order valence-corrected chi connectivity index (χ0v) is 15.3. The number of carbonyl (C=O) groups is 1. The van der Waals surface area contributed by atoms with Crippen LogP contribution in [0.15, 0.2) is 67.3 Å². The van der Waals surface area contributed by atoms with Crippen molar-refractivity contribution in [1.29, 1.82) is 0 Å². The van der Waals surface area contributed by atoms with Crippen LogP contribution in [0.1, 0.15) is 0 Å². The Kier molecular flexibility index (Phi) is 6.68. The maximum atomic E-state index is 11.9. The quantitative estimate of drug-likeness (QED) is 0.548. The van der Waals surface area contributed by atoms with Crippen LogP contribution in [-0.2, 0) is 4.79 Å². The second-order valence-electron chi connectivity index (χ2n) is 4.02. The van der Waals surface area contributed by atoms with Crippen molar-refractivity contribution in [3.63, 3.8) is 0 Å². The highest BCUT2D eigenvalue weighted by molar-refractivity contribution is 9.10. The Labute approximate surface area is 144 Å². The van der Waals surface area contributed by atoms with E-state index in [1.54, 1.807) is 23.5 Å². The van der Waals surface area contributed by atoms with Gasteiger partial charge in [0.15, 0.2) is 5.78 Å². The van der Waals surface area contributed by atoms with Crippen LogP contribution in [0.3, 0.4) is 0 Å². The first-order chi connectivity index (χ1) is 9.63. The maximum Gasteiger partial charge on any atom is 0.153 e. The van der Waals surface area contributed by atoms with Crippen molar-refractivity contribution >= 4 is 61.2 Å². The van der Waals surface area contributed by atoms with Gasteiger partial charge in [-0.25, -0.2) is 0 Å². The van der Waals surface area contributed by atoms with Crippen LogP contribution >= 0.6 is 55.4 Å². The van der Waals surface area contributed by atoms with E-state index in [0.29, 0.717) is 11.5 Å². The lowest BCUT2D eigenvalue weighted by atomic mass is 10.4. The summed E-state index contributed by atoms with van der Waals surface area (Å²) in [5, 5.41) is 0. The summed E-state index contributed by atoms with van der Waals surface area (Å²) in [5.41, 5.74) is 0. The smallest absolute Gasteiger partial charge is 0.153 e.